The number of methoxy groups -OCH3 is 1. The summed E-state index contributed by atoms with van der Waals surface area (Å²) in [5, 5.41) is 3.35. The second-order valence-electron chi connectivity index (χ2n) is 5.71. The van der Waals surface area contributed by atoms with Crippen LogP contribution in [0.2, 0.25) is 0 Å². The second-order valence-corrected chi connectivity index (χ2v) is 7.97. The van der Waals surface area contributed by atoms with E-state index in [9.17, 15) is 8.42 Å². The largest absolute Gasteiger partial charge is 0.497 e. The molecule has 0 saturated carbocycles. The van der Waals surface area contributed by atoms with Crippen LogP contribution in [-0.2, 0) is 16.3 Å². The molecule has 0 fully saturated rings. The number of sulfone groups is 1. The molecule has 0 bridgehead atoms. The molecule has 1 aromatic carbocycles. The molecule has 118 valence electrons. The zero-order chi connectivity index (χ0) is 15.6. The minimum atomic E-state index is -2.93. The van der Waals surface area contributed by atoms with Crippen LogP contribution in [0.1, 0.15) is 17.2 Å². The van der Waals surface area contributed by atoms with Crippen molar-refractivity contribution in [1.82, 2.24) is 10.2 Å². The molecule has 0 saturated heterocycles. The third-order valence-electron chi connectivity index (χ3n) is 4.19. The van der Waals surface area contributed by atoms with E-state index in [1.807, 2.05) is 20.2 Å². The standard InChI is InChI=1S/C15H24N2O3S/c1-16-15-13-10-12(20-3)6-5-11(13)9-14(15)17(2)7-8-21(4,18)19/h5-6,10,14-16H,7-9H2,1-4H3. The van der Waals surface area contributed by atoms with E-state index in [4.69, 9.17) is 4.74 Å². The van der Waals surface area contributed by atoms with Crippen molar-refractivity contribution >= 4 is 9.84 Å². The fourth-order valence-electron chi connectivity index (χ4n) is 2.96. The molecule has 21 heavy (non-hydrogen) atoms. The lowest BCUT2D eigenvalue weighted by Gasteiger charge is -2.29. The number of hydrogen-bond donors (Lipinski definition) is 1. The molecule has 1 N–H and O–H groups in total. The number of nitrogens with one attached hydrogen (secondary N) is 1. The van der Waals surface area contributed by atoms with E-state index in [1.54, 1.807) is 7.11 Å². The molecule has 5 nitrogen and oxygen atoms in total. The van der Waals surface area contributed by atoms with Gasteiger partial charge in [0.25, 0.3) is 0 Å². The van der Waals surface area contributed by atoms with Crippen molar-refractivity contribution in [3.05, 3.63) is 29.3 Å². The topological polar surface area (TPSA) is 58.6 Å². The van der Waals surface area contributed by atoms with Gasteiger partial charge in [0.05, 0.1) is 12.9 Å². The molecule has 2 rings (SSSR count). The Balaban J connectivity index is 2.16. The molecule has 1 aliphatic carbocycles. The maximum atomic E-state index is 11.3. The highest BCUT2D eigenvalue weighted by molar-refractivity contribution is 7.90. The van der Waals surface area contributed by atoms with Gasteiger partial charge < -0.3 is 15.0 Å². The van der Waals surface area contributed by atoms with Gasteiger partial charge in [0, 0.05) is 24.9 Å². The van der Waals surface area contributed by atoms with E-state index in [1.165, 1.54) is 17.4 Å². The molecule has 0 aliphatic heterocycles. The van der Waals surface area contributed by atoms with Crippen LogP contribution in [0.3, 0.4) is 0 Å². The molecule has 1 aliphatic rings. The van der Waals surface area contributed by atoms with Crippen molar-refractivity contribution in [3.63, 3.8) is 0 Å². The summed E-state index contributed by atoms with van der Waals surface area (Å²) in [6, 6.07) is 6.60. The molecule has 0 aromatic heterocycles. The van der Waals surface area contributed by atoms with Crippen molar-refractivity contribution in [2.75, 3.05) is 39.8 Å². The number of ether oxygens (including phenoxy) is 1. The highest BCUT2D eigenvalue weighted by atomic mass is 32.2. The van der Waals surface area contributed by atoms with Crippen molar-refractivity contribution in [3.8, 4) is 5.75 Å². The first-order valence-electron chi connectivity index (χ1n) is 7.07. The van der Waals surface area contributed by atoms with Gasteiger partial charge in [-0.05, 0) is 43.8 Å². The monoisotopic (exact) mass is 312 g/mol. The Kier molecular flexibility index (Phi) is 4.91. The minimum Gasteiger partial charge on any atom is -0.497 e. The number of nitrogens with zero attached hydrogens (tertiary/aromatic N) is 1. The normalized spacial score (nSPS) is 21.6. The summed E-state index contributed by atoms with van der Waals surface area (Å²) in [5.74, 6) is 1.05. The van der Waals surface area contributed by atoms with Gasteiger partial charge in [-0.2, -0.15) is 0 Å². The maximum absolute atomic E-state index is 11.3. The van der Waals surface area contributed by atoms with E-state index in [2.05, 4.69) is 22.3 Å². The molecular weight excluding hydrogens is 288 g/mol. The van der Waals surface area contributed by atoms with E-state index in [-0.39, 0.29) is 17.8 Å². The van der Waals surface area contributed by atoms with Crippen molar-refractivity contribution in [2.24, 2.45) is 0 Å². The van der Waals surface area contributed by atoms with Crippen molar-refractivity contribution in [1.29, 1.82) is 0 Å². The molecule has 0 spiro atoms. The molecule has 0 radical (unpaired) electrons. The number of likely N-dealkylation sites (N-methyl/N-ethyl adjacent to an activating group) is 2. The summed E-state index contributed by atoms with van der Waals surface area (Å²) in [7, 11) is 2.66. The van der Waals surface area contributed by atoms with Crippen molar-refractivity contribution in [2.45, 2.75) is 18.5 Å². The molecule has 2 atom stereocenters. The Morgan fingerprint density at radius 1 is 1.43 bits per heavy atom. The van der Waals surface area contributed by atoms with E-state index >= 15 is 0 Å². The zero-order valence-electron chi connectivity index (χ0n) is 13.1. The fourth-order valence-corrected chi connectivity index (χ4v) is 3.58. The summed E-state index contributed by atoms with van der Waals surface area (Å²) < 4.78 is 28.0. The number of rotatable bonds is 6. The highest BCUT2D eigenvalue weighted by Crippen LogP contribution is 2.36. The predicted molar refractivity (Wildman–Crippen MR) is 84.6 cm³/mol. The van der Waals surface area contributed by atoms with Crippen LogP contribution < -0.4 is 10.1 Å². The zero-order valence-corrected chi connectivity index (χ0v) is 13.9. The number of fused-ring (bicyclic) bond motifs is 1. The first-order valence-corrected chi connectivity index (χ1v) is 9.14. The molecular formula is C15H24N2O3S. The van der Waals surface area contributed by atoms with Gasteiger partial charge in [-0.3, -0.25) is 0 Å². The summed E-state index contributed by atoms with van der Waals surface area (Å²) in [4.78, 5) is 2.13. The first-order chi connectivity index (χ1) is 9.85. The van der Waals surface area contributed by atoms with E-state index in [0.717, 1.165) is 12.2 Å². The van der Waals surface area contributed by atoms with Gasteiger partial charge in [-0.25, -0.2) is 8.42 Å². The van der Waals surface area contributed by atoms with Crippen LogP contribution in [0, 0.1) is 0 Å². The van der Waals surface area contributed by atoms with Crippen LogP contribution in [0.25, 0.3) is 0 Å². The van der Waals surface area contributed by atoms with Crippen LogP contribution in [0.15, 0.2) is 18.2 Å². The average molecular weight is 312 g/mol. The molecule has 2 unspecified atom stereocenters. The smallest absolute Gasteiger partial charge is 0.148 e. The lowest BCUT2D eigenvalue weighted by molar-refractivity contribution is 0.219. The Labute approximate surface area is 127 Å². The van der Waals surface area contributed by atoms with Gasteiger partial charge in [0.15, 0.2) is 0 Å². The third-order valence-corrected chi connectivity index (χ3v) is 5.12. The van der Waals surface area contributed by atoms with Crippen LogP contribution in [0.4, 0.5) is 0 Å². The third kappa shape index (κ3) is 3.75. The van der Waals surface area contributed by atoms with E-state index < -0.39 is 9.84 Å². The maximum Gasteiger partial charge on any atom is 0.148 e. The van der Waals surface area contributed by atoms with Gasteiger partial charge in [-0.15, -0.1) is 0 Å². The fraction of sp³-hybridized carbons (Fsp3) is 0.600. The number of hydrogen-bond acceptors (Lipinski definition) is 5. The number of benzene rings is 1. The van der Waals surface area contributed by atoms with E-state index in [0.29, 0.717) is 6.54 Å². The molecule has 1 aromatic rings. The summed E-state index contributed by atoms with van der Waals surface area (Å²) in [5.41, 5.74) is 2.54. The Hall–Kier alpha value is -1.11. The van der Waals surface area contributed by atoms with Crippen molar-refractivity contribution < 1.29 is 13.2 Å². The van der Waals surface area contributed by atoms with Crippen LogP contribution in [0.5, 0.6) is 5.75 Å². The minimum absolute atomic E-state index is 0.191. The molecule has 6 heteroatoms. The van der Waals surface area contributed by atoms with Crippen LogP contribution in [-0.4, -0.2) is 59.1 Å². The summed E-state index contributed by atoms with van der Waals surface area (Å²) >= 11 is 0. The molecule has 0 heterocycles. The van der Waals surface area contributed by atoms with Gasteiger partial charge in [0.1, 0.15) is 15.6 Å². The molecule has 0 amide bonds. The first kappa shape index (κ1) is 16.3. The Morgan fingerprint density at radius 2 is 2.14 bits per heavy atom. The quantitative estimate of drug-likeness (QED) is 0.844. The lowest BCUT2D eigenvalue weighted by atomic mass is 10.1. The summed E-state index contributed by atoms with van der Waals surface area (Å²) in [6.45, 7) is 0.548. The second kappa shape index (κ2) is 6.34. The van der Waals surface area contributed by atoms with Crippen LogP contribution >= 0.6 is 0 Å². The van der Waals surface area contributed by atoms with Gasteiger partial charge in [-0.1, -0.05) is 6.07 Å². The SMILES string of the molecule is CNC1c2cc(OC)ccc2CC1N(C)CCS(C)(=O)=O. The predicted octanol–water partition coefficient (Wildman–Crippen LogP) is 0.857. The Morgan fingerprint density at radius 3 is 2.71 bits per heavy atom. The summed E-state index contributed by atoms with van der Waals surface area (Å²) in [6.07, 6.45) is 2.20. The lowest BCUT2D eigenvalue weighted by Crippen LogP contribution is -2.41. The highest BCUT2D eigenvalue weighted by Gasteiger charge is 2.34. The van der Waals surface area contributed by atoms with Gasteiger partial charge >= 0.3 is 0 Å². The Bertz CT molecular complexity index is 601. The van der Waals surface area contributed by atoms with Gasteiger partial charge in [0.2, 0.25) is 0 Å². The average Bonchev–Trinajstić information content (AvgIpc) is 2.81.